The highest BCUT2D eigenvalue weighted by Gasteiger charge is 2.15. The van der Waals surface area contributed by atoms with Gasteiger partial charge >= 0.3 is 0 Å². The lowest BCUT2D eigenvalue weighted by Crippen LogP contribution is -2.08. The quantitative estimate of drug-likeness (QED) is 0.621. The second-order valence-corrected chi connectivity index (χ2v) is 6.20. The Morgan fingerprint density at radius 2 is 1.76 bits per heavy atom. The van der Waals surface area contributed by atoms with Crippen LogP contribution in [0.5, 0.6) is 0 Å². The lowest BCUT2D eigenvalue weighted by Gasteiger charge is -2.19. The monoisotopic (exact) mass is 347 g/mol. The van der Waals surface area contributed by atoms with E-state index in [0.29, 0.717) is 32.4 Å². The minimum atomic E-state index is -2.46. The predicted octanol–water partition coefficient (Wildman–Crippen LogP) is 6.48. The van der Waals surface area contributed by atoms with Gasteiger partial charge < -0.3 is 5.32 Å². The van der Waals surface area contributed by atoms with E-state index in [1.54, 1.807) is 30.3 Å². The van der Waals surface area contributed by atoms with Crippen molar-refractivity contribution in [3.05, 3.63) is 58.1 Å². The zero-order valence-corrected chi connectivity index (χ0v) is 13.4. The van der Waals surface area contributed by atoms with E-state index in [4.69, 9.17) is 23.2 Å². The van der Waals surface area contributed by atoms with Crippen LogP contribution < -0.4 is 5.32 Å². The van der Waals surface area contributed by atoms with Crippen LogP contribution in [-0.4, -0.2) is 5.76 Å². The van der Waals surface area contributed by atoms with Gasteiger partial charge in [-0.15, -0.1) is 0 Å². The fourth-order valence-electron chi connectivity index (χ4n) is 1.95. The summed E-state index contributed by atoms with van der Waals surface area (Å²) in [5.41, 5.74) is 1.47. The molecule has 0 amide bonds. The Labute approximate surface area is 136 Å². The Morgan fingerprint density at radius 1 is 1.05 bits per heavy atom. The fourth-order valence-corrected chi connectivity index (χ4v) is 3.03. The van der Waals surface area contributed by atoms with Crippen molar-refractivity contribution < 1.29 is 8.78 Å². The molecule has 2 aromatic carbocycles. The van der Waals surface area contributed by atoms with E-state index in [1.165, 1.54) is 0 Å². The topological polar surface area (TPSA) is 12.0 Å². The highest BCUT2D eigenvalue weighted by Crippen LogP contribution is 2.35. The van der Waals surface area contributed by atoms with Crippen LogP contribution in [0.4, 0.5) is 14.5 Å². The molecule has 2 rings (SSSR count). The summed E-state index contributed by atoms with van der Waals surface area (Å²) in [4.78, 5) is 0.498. The van der Waals surface area contributed by atoms with Crippen molar-refractivity contribution in [1.82, 2.24) is 0 Å². The molecule has 21 heavy (non-hydrogen) atoms. The normalized spacial score (nSPS) is 12.5. The van der Waals surface area contributed by atoms with Crippen LogP contribution in [0.25, 0.3) is 0 Å². The number of alkyl halides is 2. The van der Waals surface area contributed by atoms with E-state index >= 15 is 0 Å². The number of anilines is 1. The first kappa shape index (κ1) is 16.4. The van der Waals surface area contributed by atoms with Gasteiger partial charge in [-0.1, -0.05) is 59.2 Å². The highest BCUT2D eigenvalue weighted by molar-refractivity contribution is 7.99. The maximum absolute atomic E-state index is 12.6. The van der Waals surface area contributed by atoms with E-state index < -0.39 is 5.76 Å². The minimum absolute atomic E-state index is 0.157. The molecule has 0 fully saturated rings. The number of halogens is 4. The van der Waals surface area contributed by atoms with Crippen LogP contribution in [0.2, 0.25) is 10.0 Å². The number of hydrogen-bond acceptors (Lipinski definition) is 2. The molecule has 0 saturated carbocycles. The molecule has 0 radical (unpaired) electrons. The summed E-state index contributed by atoms with van der Waals surface area (Å²) in [6.07, 6.45) is 0. The van der Waals surface area contributed by atoms with E-state index in [0.717, 1.165) is 5.56 Å². The summed E-state index contributed by atoms with van der Waals surface area (Å²) in [6, 6.07) is 12.2. The molecule has 0 heterocycles. The molecule has 0 spiro atoms. The molecule has 0 aliphatic heterocycles. The first-order valence-corrected chi connectivity index (χ1v) is 7.87. The molecule has 2 aromatic rings. The SMILES string of the molecule is CC(Nc1ccccc1SC(F)F)c1cccc(Cl)c1Cl. The molecular weight excluding hydrogens is 335 g/mol. The van der Waals surface area contributed by atoms with Crippen molar-refractivity contribution >= 4 is 40.7 Å². The summed E-state index contributed by atoms with van der Waals surface area (Å²) in [7, 11) is 0. The molecule has 6 heteroatoms. The number of nitrogens with one attached hydrogen (secondary N) is 1. The first-order valence-electron chi connectivity index (χ1n) is 6.23. The number of thioether (sulfide) groups is 1. The molecule has 1 N–H and O–H groups in total. The van der Waals surface area contributed by atoms with E-state index in [9.17, 15) is 8.78 Å². The summed E-state index contributed by atoms with van der Waals surface area (Å²) in [5.74, 6) is -2.46. The third-order valence-corrected chi connectivity index (χ3v) is 4.54. The Balaban J connectivity index is 2.23. The molecule has 1 atom stereocenters. The van der Waals surface area contributed by atoms with Crippen molar-refractivity contribution in [2.24, 2.45) is 0 Å². The largest absolute Gasteiger partial charge is 0.378 e. The highest BCUT2D eigenvalue weighted by atomic mass is 35.5. The van der Waals surface area contributed by atoms with Gasteiger partial charge in [-0.05, 0) is 30.7 Å². The Hall–Kier alpha value is -0.970. The van der Waals surface area contributed by atoms with Crippen molar-refractivity contribution in [3.63, 3.8) is 0 Å². The van der Waals surface area contributed by atoms with Crippen LogP contribution in [0.15, 0.2) is 47.4 Å². The lowest BCUT2D eigenvalue weighted by atomic mass is 10.1. The molecule has 0 bridgehead atoms. The van der Waals surface area contributed by atoms with E-state index in [1.807, 2.05) is 19.1 Å². The maximum atomic E-state index is 12.6. The van der Waals surface area contributed by atoms with Crippen LogP contribution >= 0.6 is 35.0 Å². The summed E-state index contributed by atoms with van der Waals surface area (Å²) in [5, 5.41) is 4.14. The molecule has 1 nitrogen and oxygen atoms in total. The molecule has 0 aliphatic rings. The maximum Gasteiger partial charge on any atom is 0.288 e. The van der Waals surface area contributed by atoms with Crippen LogP contribution in [0.3, 0.4) is 0 Å². The third-order valence-electron chi connectivity index (χ3n) is 2.92. The summed E-state index contributed by atoms with van der Waals surface area (Å²) < 4.78 is 25.1. The Bertz CT molecular complexity index is 622. The summed E-state index contributed by atoms with van der Waals surface area (Å²) >= 11 is 12.7. The van der Waals surface area contributed by atoms with Gasteiger partial charge in [0.25, 0.3) is 5.76 Å². The average molecular weight is 348 g/mol. The molecule has 0 saturated heterocycles. The van der Waals surface area contributed by atoms with E-state index in [-0.39, 0.29) is 6.04 Å². The minimum Gasteiger partial charge on any atom is -0.378 e. The van der Waals surface area contributed by atoms with Crippen molar-refractivity contribution in [1.29, 1.82) is 0 Å². The Kier molecular flexibility index (Phi) is 5.73. The van der Waals surface area contributed by atoms with Gasteiger partial charge in [0.05, 0.1) is 16.1 Å². The van der Waals surface area contributed by atoms with Gasteiger partial charge in [0.1, 0.15) is 0 Å². The van der Waals surface area contributed by atoms with Crippen LogP contribution in [-0.2, 0) is 0 Å². The van der Waals surface area contributed by atoms with Crippen LogP contribution in [0, 0.1) is 0 Å². The van der Waals surface area contributed by atoms with Crippen molar-refractivity contribution in [2.75, 3.05) is 5.32 Å². The van der Waals surface area contributed by atoms with Gasteiger partial charge in [0, 0.05) is 10.6 Å². The van der Waals surface area contributed by atoms with E-state index in [2.05, 4.69) is 5.32 Å². The molecule has 0 aromatic heterocycles. The lowest BCUT2D eigenvalue weighted by molar-refractivity contribution is 0.252. The second-order valence-electron chi connectivity index (χ2n) is 4.38. The molecule has 1 unspecified atom stereocenters. The number of rotatable bonds is 5. The average Bonchev–Trinajstić information content (AvgIpc) is 2.43. The zero-order chi connectivity index (χ0) is 15.4. The second kappa shape index (κ2) is 7.34. The first-order chi connectivity index (χ1) is 9.99. The zero-order valence-electron chi connectivity index (χ0n) is 11.1. The molecular formula is C15H13Cl2F2NS. The van der Waals surface area contributed by atoms with Gasteiger partial charge in [0.2, 0.25) is 0 Å². The van der Waals surface area contributed by atoms with Gasteiger partial charge in [-0.2, -0.15) is 8.78 Å². The van der Waals surface area contributed by atoms with Crippen molar-refractivity contribution in [2.45, 2.75) is 23.6 Å². The fraction of sp³-hybridized carbons (Fsp3) is 0.200. The number of para-hydroxylation sites is 1. The third kappa shape index (κ3) is 4.25. The van der Waals surface area contributed by atoms with Gasteiger partial charge in [-0.3, -0.25) is 0 Å². The van der Waals surface area contributed by atoms with Crippen LogP contribution in [0.1, 0.15) is 18.5 Å². The van der Waals surface area contributed by atoms with Gasteiger partial charge in [0.15, 0.2) is 0 Å². The number of hydrogen-bond donors (Lipinski definition) is 1. The standard InChI is InChI=1S/C15H13Cl2F2NS/c1-9(10-5-4-6-11(16)14(10)17)20-12-7-2-3-8-13(12)21-15(18)19/h2-9,15,20H,1H3. The molecule has 0 aliphatic carbocycles. The number of benzene rings is 2. The smallest absolute Gasteiger partial charge is 0.288 e. The predicted molar refractivity (Wildman–Crippen MR) is 86.8 cm³/mol. The molecule has 112 valence electrons. The van der Waals surface area contributed by atoms with Crippen molar-refractivity contribution in [3.8, 4) is 0 Å². The van der Waals surface area contributed by atoms with Gasteiger partial charge in [-0.25, -0.2) is 0 Å². The summed E-state index contributed by atoms with van der Waals surface area (Å²) in [6.45, 7) is 1.90. The Morgan fingerprint density at radius 3 is 2.48 bits per heavy atom.